The van der Waals surface area contributed by atoms with Crippen LogP contribution in [0.15, 0.2) is 43.0 Å². The summed E-state index contributed by atoms with van der Waals surface area (Å²) in [6, 6.07) is 6.75. The molecule has 0 aliphatic rings. The quantitative estimate of drug-likeness (QED) is 0.734. The number of hydrogen-bond donors (Lipinski definition) is 2. The molecule has 0 radical (unpaired) electrons. The molecule has 23 heavy (non-hydrogen) atoms. The fourth-order valence-corrected chi connectivity index (χ4v) is 3.28. The van der Waals surface area contributed by atoms with Crippen molar-refractivity contribution in [1.29, 1.82) is 0 Å². The second-order valence-corrected chi connectivity index (χ2v) is 6.77. The number of hydrogen-bond acceptors (Lipinski definition) is 2. The average Bonchev–Trinajstić information content (AvgIpc) is 2.87. The number of nitrogens with one attached hydrogen (secondary N) is 2. The van der Waals surface area contributed by atoms with Crippen LogP contribution in [0.4, 0.5) is 14.5 Å². The van der Waals surface area contributed by atoms with E-state index in [1.165, 1.54) is 17.4 Å². The Labute approximate surface area is 142 Å². The first kappa shape index (κ1) is 17.6. The standard InChI is InChI=1S/C16H15ClF2N2OS/c1-2-7-21(9-12-4-6-15(17)23-12)10-16(22)20-14-5-3-11(18)8-13(14)19/h2-6,8H,1,7,9-10H2,(H,20,22)/p+1. The SMILES string of the molecule is C=CC[NH+](CC(=O)Nc1ccc(F)cc1F)Cc1ccc(Cl)s1. The zero-order valence-electron chi connectivity index (χ0n) is 12.2. The lowest BCUT2D eigenvalue weighted by molar-refractivity contribution is -0.899. The van der Waals surface area contributed by atoms with Crippen molar-refractivity contribution in [3.8, 4) is 0 Å². The molecule has 0 aliphatic carbocycles. The summed E-state index contributed by atoms with van der Waals surface area (Å²) in [6.45, 7) is 5.01. The summed E-state index contributed by atoms with van der Waals surface area (Å²) in [7, 11) is 0. The third-order valence-electron chi connectivity index (χ3n) is 3.10. The van der Waals surface area contributed by atoms with Crippen LogP contribution in [-0.4, -0.2) is 19.0 Å². The summed E-state index contributed by atoms with van der Waals surface area (Å²) in [5.41, 5.74) is -0.0338. The van der Waals surface area contributed by atoms with Gasteiger partial charge in [0.2, 0.25) is 0 Å². The molecule has 0 fully saturated rings. The molecule has 1 heterocycles. The normalized spacial score (nSPS) is 12.0. The third-order valence-corrected chi connectivity index (χ3v) is 4.33. The first-order valence-electron chi connectivity index (χ1n) is 6.91. The molecule has 0 saturated heterocycles. The first-order chi connectivity index (χ1) is 11.0. The highest BCUT2D eigenvalue weighted by Crippen LogP contribution is 2.20. The van der Waals surface area contributed by atoms with Crippen LogP contribution in [0.5, 0.6) is 0 Å². The number of carbonyl (C=O) groups excluding carboxylic acids is 1. The van der Waals surface area contributed by atoms with Crippen LogP contribution in [-0.2, 0) is 11.3 Å². The summed E-state index contributed by atoms with van der Waals surface area (Å²) in [5.74, 6) is -1.84. The van der Waals surface area contributed by atoms with Gasteiger partial charge in [0, 0.05) is 6.07 Å². The van der Waals surface area contributed by atoms with Crippen molar-refractivity contribution in [3.63, 3.8) is 0 Å². The lowest BCUT2D eigenvalue weighted by atomic mass is 10.3. The Morgan fingerprint density at radius 1 is 1.35 bits per heavy atom. The van der Waals surface area contributed by atoms with E-state index in [1.807, 2.05) is 6.07 Å². The predicted molar refractivity (Wildman–Crippen MR) is 88.9 cm³/mol. The van der Waals surface area contributed by atoms with Crippen LogP contribution in [0.2, 0.25) is 4.34 Å². The summed E-state index contributed by atoms with van der Waals surface area (Å²) in [4.78, 5) is 14.1. The molecular weight excluding hydrogens is 342 g/mol. The van der Waals surface area contributed by atoms with Crippen LogP contribution >= 0.6 is 22.9 Å². The van der Waals surface area contributed by atoms with Gasteiger partial charge in [0.15, 0.2) is 6.54 Å². The molecular formula is C16H16ClF2N2OS+. The van der Waals surface area contributed by atoms with Gasteiger partial charge in [-0.25, -0.2) is 8.78 Å². The Balaban J connectivity index is 1.98. The molecule has 0 aliphatic heterocycles. The monoisotopic (exact) mass is 357 g/mol. The van der Waals surface area contributed by atoms with Crippen LogP contribution in [0, 0.1) is 11.6 Å². The number of benzene rings is 1. The molecule has 0 saturated carbocycles. The highest BCUT2D eigenvalue weighted by molar-refractivity contribution is 7.16. The van der Waals surface area contributed by atoms with E-state index < -0.39 is 11.6 Å². The number of carbonyl (C=O) groups is 1. The van der Waals surface area contributed by atoms with E-state index in [0.29, 0.717) is 17.4 Å². The van der Waals surface area contributed by atoms with Crippen molar-refractivity contribution in [2.45, 2.75) is 6.54 Å². The number of halogens is 3. The molecule has 1 amide bonds. The summed E-state index contributed by atoms with van der Waals surface area (Å²) in [5, 5.41) is 2.46. The van der Waals surface area contributed by atoms with E-state index >= 15 is 0 Å². The lowest BCUT2D eigenvalue weighted by Crippen LogP contribution is -3.11. The van der Waals surface area contributed by atoms with Gasteiger partial charge in [-0.15, -0.1) is 11.3 Å². The van der Waals surface area contributed by atoms with Crippen LogP contribution in [0.3, 0.4) is 0 Å². The van der Waals surface area contributed by atoms with E-state index in [0.717, 1.165) is 21.9 Å². The topological polar surface area (TPSA) is 33.5 Å². The molecule has 1 aromatic heterocycles. The fraction of sp³-hybridized carbons (Fsp3) is 0.188. The average molecular weight is 358 g/mol. The third kappa shape index (κ3) is 5.42. The van der Waals surface area contributed by atoms with Crippen LogP contribution < -0.4 is 10.2 Å². The largest absolute Gasteiger partial charge is 0.319 e. The van der Waals surface area contributed by atoms with E-state index in [4.69, 9.17) is 11.6 Å². The van der Waals surface area contributed by atoms with Gasteiger partial charge >= 0.3 is 0 Å². The van der Waals surface area contributed by atoms with E-state index in [2.05, 4.69) is 11.9 Å². The lowest BCUT2D eigenvalue weighted by Gasteiger charge is -2.16. The van der Waals surface area contributed by atoms with Crippen molar-refractivity contribution in [3.05, 3.63) is 63.8 Å². The van der Waals surface area contributed by atoms with Crippen molar-refractivity contribution in [2.75, 3.05) is 18.4 Å². The van der Waals surface area contributed by atoms with Crippen molar-refractivity contribution < 1.29 is 18.5 Å². The van der Waals surface area contributed by atoms with E-state index in [-0.39, 0.29) is 18.1 Å². The molecule has 7 heteroatoms. The van der Waals surface area contributed by atoms with Crippen molar-refractivity contribution in [2.24, 2.45) is 0 Å². The minimum atomic E-state index is -0.798. The molecule has 0 spiro atoms. The second kappa shape index (κ2) is 8.19. The maximum atomic E-state index is 13.6. The van der Waals surface area contributed by atoms with Gasteiger partial charge in [0.1, 0.15) is 18.2 Å². The minimum Gasteiger partial charge on any atom is -0.319 e. The highest BCUT2D eigenvalue weighted by atomic mass is 35.5. The summed E-state index contributed by atoms with van der Waals surface area (Å²) in [6.07, 6.45) is 1.72. The van der Waals surface area contributed by atoms with E-state index in [9.17, 15) is 13.6 Å². The maximum absolute atomic E-state index is 13.6. The number of quaternary nitrogens is 1. The molecule has 1 unspecified atom stereocenters. The molecule has 2 N–H and O–H groups in total. The Bertz CT molecular complexity index is 705. The predicted octanol–water partition coefficient (Wildman–Crippen LogP) is 2.89. The summed E-state index contributed by atoms with van der Waals surface area (Å²) >= 11 is 7.36. The first-order valence-corrected chi connectivity index (χ1v) is 8.11. The number of thiophene rings is 1. The zero-order valence-corrected chi connectivity index (χ0v) is 13.8. The molecule has 1 atom stereocenters. The van der Waals surface area contributed by atoms with Gasteiger partial charge in [-0.05, 0) is 30.3 Å². The molecule has 0 bridgehead atoms. The Kier molecular flexibility index (Phi) is 6.27. The second-order valence-electron chi connectivity index (χ2n) is 4.97. The van der Waals surface area contributed by atoms with Gasteiger partial charge in [0.25, 0.3) is 5.91 Å². The van der Waals surface area contributed by atoms with Crippen molar-refractivity contribution >= 4 is 34.5 Å². The van der Waals surface area contributed by atoms with Gasteiger partial charge in [-0.1, -0.05) is 18.2 Å². The zero-order chi connectivity index (χ0) is 16.8. The van der Waals surface area contributed by atoms with Gasteiger partial charge < -0.3 is 10.2 Å². The van der Waals surface area contributed by atoms with Gasteiger partial charge in [-0.3, -0.25) is 4.79 Å². The molecule has 1 aromatic carbocycles. The van der Waals surface area contributed by atoms with Gasteiger partial charge in [0.05, 0.1) is 21.4 Å². The molecule has 3 nitrogen and oxygen atoms in total. The van der Waals surface area contributed by atoms with Gasteiger partial charge in [-0.2, -0.15) is 0 Å². The Morgan fingerprint density at radius 3 is 2.74 bits per heavy atom. The Hall–Kier alpha value is -1.76. The minimum absolute atomic E-state index is 0.0338. The maximum Gasteiger partial charge on any atom is 0.279 e. The van der Waals surface area contributed by atoms with Crippen LogP contribution in [0.1, 0.15) is 4.88 Å². The molecule has 2 rings (SSSR count). The molecule has 2 aromatic rings. The smallest absolute Gasteiger partial charge is 0.279 e. The highest BCUT2D eigenvalue weighted by Gasteiger charge is 2.16. The number of anilines is 1. The molecule has 122 valence electrons. The van der Waals surface area contributed by atoms with Crippen molar-refractivity contribution in [1.82, 2.24) is 0 Å². The van der Waals surface area contributed by atoms with Crippen LogP contribution in [0.25, 0.3) is 0 Å². The Morgan fingerprint density at radius 2 is 2.13 bits per heavy atom. The number of rotatable bonds is 7. The van der Waals surface area contributed by atoms with E-state index in [1.54, 1.807) is 12.1 Å². The summed E-state index contributed by atoms with van der Waals surface area (Å²) < 4.78 is 27.1. The fourth-order valence-electron chi connectivity index (χ4n) is 2.12. The number of amides is 1.